The molecule has 3 heterocycles. The molecule has 3 aromatic heterocycles. The van der Waals surface area contributed by atoms with Gasteiger partial charge in [-0.05, 0) is 25.3 Å². The van der Waals surface area contributed by atoms with Gasteiger partial charge in [-0.15, -0.1) is 0 Å². The average Bonchev–Trinajstić information content (AvgIpc) is 3.15. The number of halogens is 2. The standard InChI is InChI=1S/C22H23F2N7O/c1-4-11-18(13-7-26-29-20(13)21(19(11)24)30(3)5-2)15-9-31-10-16(27-17(31)8-25-15)28-22(32)12-6-14(12)23/h7-10,12,14H,4-6H2,1-3H3,(H,26,29)(H,28,32)/t12-,14+/m1/s1. The molecule has 0 aliphatic heterocycles. The van der Waals surface area contributed by atoms with E-state index < -0.39 is 12.1 Å². The summed E-state index contributed by atoms with van der Waals surface area (Å²) in [6.45, 7) is 4.51. The summed E-state index contributed by atoms with van der Waals surface area (Å²) in [6.07, 6.45) is 6.29. The Morgan fingerprint density at radius 3 is 2.81 bits per heavy atom. The SMILES string of the molecule is CCc1c(F)c(N(C)CC)c2[nH]ncc2c1-c1cn2cc(NC(=O)[C@@H]3C[C@@H]3F)nc2cn1. The molecule has 0 bridgehead atoms. The number of H-pyrrole nitrogens is 1. The maximum Gasteiger partial charge on any atom is 0.231 e. The number of carbonyl (C=O) groups excluding carboxylic acids is 1. The Balaban J connectivity index is 1.61. The minimum absolute atomic E-state index is 0.250. The summed E-state index contributed by atoms with van der Waals surface area (Å²) in [6, 6.07) is 0. The number of hydrogen-bond acceptors (Lipinski definition) is 5. The highest BCUT2D eigenvalue weighted by atomic mass is 19.1. The van der Waals surface area contributed by atoms with E-state index in [2.05, 4.69) is 25.5 Å². The number of hydrogen-bond donors (Lipinski definition) is 2. The first-order valence-corrected chi connectivity index (χ1v) is 10.6. The van der Waals surface area contributed by atoms with Crippen molar-refractivity contribution in [2.45, 2.75) is 32.9 Å². The Morgan fingerprint density at radius 1 is 1.34 bits per heavy atom. The van der Waals surface area contributed by atoms with E-state index in [0.717, 1.165) is 5.39 Å². The van der Waals surface area contributed by atoms with Crippen LogP contribution in [0, 0.1) is 11.7 Å². The van der Waals surface area contributed by atoms with Crippen LogP contribution in [0.2, 0.25) is 0 Å². The van der Waals surface area contributed by atoms with Crippen LogP contribution in [0.1, 0.15) is 25.8 Å². The Morgan fingerprint density at radius 2 is 2.12 bits per heavy atom. The van der Waals surface area contributed by atoms with Gasteiger partial charge >= 0.3 is 0 Å². The minimum atomic E-state index is -1.07. The highest BCUT2D eigenvalue weighted by molar-refractivity contribution is 6.02. The molecule has 8 nitrogen and oxygen atoms in total. The first kappa shape index (κ1) is 20.3. The van der Waals surface area contributed by atoms with Crippen molar-refractivity contribution in [2.24, 2.45) is 5.92 Å². The number of alkyl halides is 1. The highest BCUT2D eigenvalue weighted by Gasteiger charge is 2.43. The summed E-state index contributed by atoms with van der Waals surface area (Å²) in [4.78, 5) is 22.7. The van der Waals surface area contributed by atoms with Crippen molar-refractivity contribution in [3.05, 3.63) is 36.2 Å². The summed E-state index contributed by atoms with van der Waals surface area (Å²) in [5.41, 5.74) is 3.40. The quantitative estimate of drug-likeness (QED) is 0.478. The van der Waals surface area contributed by atoms with Gasteiger partial charge in [0.25, 0.3) is 0 Å². The third kappa shape index (κ3) is 3.17. The number of nitrogens with one attached hydrogen (secondary N) is 2. The molecular formula is C22H23F2N7O. The molecule has 166 valence electrons. The predicted octanol–water partition coefficient (Wildman–Crippen LogP) is 3.73. The van der Waals surface area contributed by atoms with Crippen molar-refractivity contribution in [1.82, 2.24) is 24.6 Å². The van der Waals surface area contributed by atoms with Crippen LogP contribution in [-0.4, -0.2) is 50.2 Å². The van der Waals surface area contributed by atoms with Gasteiger partial charge in [-0.1, -0.05) is 6.92 Å². The zero-order chi connectivity index (χ0) is 22.6. The molecule has 1 aliphatic rings. The second kappa shape index (κ2) is 7.54. The normalized spacial score (nSPS) is 17.8. The summed E-state index contributed by atoms with van der Waals surface area (Å²) in [5.74, 6) is -0.949. The molecule has 1 fully saturated rings. The number of anilines is 2. The van der Waals surface area contributed by atoms with Crippen molar-refractivity contribution in [1.29, 1.82) is 0 Å². The lowest BCUT2D eigenvalue weighted by molar-refractivity contribution is -0.117. The third-order valence-corrected chi connectivity index (χ3v) is 6.03. The van der Waals surface area contributed by atoms with Crippen molar-refractivity contribution in [3.8, 4) is 11.3 Å². The van der Waals surface area contributed by atoms with E-state index in [1.54, 1.807) is 29.2 Å². The summed E-state index contributed by atoms with van der Waals surface area (Å²) in [5, 5.41) is 10.5. The van der Waals surface area contributed by atoms with E-state index in [0.29, 0.717) is 52.5 Å². The van der Waals surface area contributed by atoms with Gasteiger partial charge in [0.2, 0.25) is 5.91 Å². The molecule has 1 amide bonds. The molecule has 0 saturated heterocycles. The number of carbonyl (C=O) groups is 1. The van der Waals surface area contributed by atoms with E-state index in [9.17, 15) is 9.18 Å². The third-order valence-electron chi connectivity index (χ3n) is 6.03. The van der Waals surface area contributed by atoms with Crippen molar-refractivity contribution >= 4 is 34.0 Å². The second-order valence-electron chi connectivity index (χ2n) is 8.05. The van der Waals surface area contributed by atoms with Crippen LogP contribution >= 0.6 is 0 Å². The van der Waals surface area contributed by atoms with E-state index in [-0.39, 0.29) is 18.1 Å². The molecule has 2 N–H and O–H groups in total. The molecule has 0 spiro atoms. The second-order valence-corrected chi connectivity index (χ2v) is 8.05. The molecule has 10 heteroatoms. The topological polar surface area (TPSA) is 91.2 Å². The number of benzene rings is 1. The van der Waals surface area contributed by atoms with E-state index in [4.69, 9.17) is 0 Å². The first-order valence-electron chi connectivity index (χ1n) is 10.6. The molecule has 4 aromatic rings. The maximum atomic E-state index is 15.6. The first-order chi connectivity index (χ1) is 15.4. The molecule has 5 rings (SSSR count). The predicted molar refractivity (Wildman–Crippen MR) is 118 cm³/mol. The molecular weight excluding hydrogens is 416 g/mol. The van der Waals surface area contributed by atoms with Crippen molar-refractivity contribution in [2.75, 3.05) is 23.8 Å². The van der Waals surface area contributed by atoms with Gasteiger partial charge in [0.05, 0.1) is 41.4 Å². The molecule has 1 aromatic carbocycles. The highest BCUT2D eigenvalue weighted by Crippen LogP contribution is 2.39. The van der Waals surface area contributed by atoms with Crippen LogP contribution in [0.15, 0.2) is 24.8 Å². The van der Waals surface area contributed by atoms with Crippen LogP contribution in [0.5, 0.6) is 0 Å². The van der Waals surface area contributed by atoms with E-state index in [1.807, 2.05) is 25.8 Å². The number of fused-ring (bicyclic) bond motifs is 2. The molecule has 0 unspecified atom stereocenters. The Bertz CT molecular complexity index is 1350. The number of amides is 1. The lowest BCUT2D eigenvalue weighted by Gasteiger charge is -2.22. The summed E-state index contributed by atoms with van der Waals surface area (Å²) in [7, 11) is 1.84. The molecule has 32 heavy (non-hydrogen) atoms. The molecule has 1 saturated carbocycles. The number of nitrogens with zero attached hydrogens (tertiary/aromatic N) is 5. The number of aromatic nitrogens is 5. The van der Waals surface area contributed by atoms with Crippen LogP contribution in [0.3, 0.4) is 0 Å². The number of aromatic amines is 1. The zero-order valence-corrected chi connectivity index (χ0v) is 18.0. The van der Waals surface area contributed by atoms with Gasteiger partial charge in [0.1, 0.15) is 6.17 Å². The van der Waals surface area contributed by atoms with Gasteiger partial charge in [-0.2, -0.15) is 5.10 Å². The van der Waals surface area contributed by atoms with Crippen LogP contribution in [0.25, 0.3) is 27.8 Å². The van der Waals surface area contributed by atoms with Gasteiger partial charge in [-0.25, -0.2) is 13.8 Å². The van der Waals surface area contributed by atoms with Gasteiger partial charge in [0.15, 0.2) is 17.3 Å². The zero-order valence-electron chi connectivity index (χ0n) is 18.0. The summed E-state index contributed by atoms with van der Waals surface area (Å²) < 4.78 is 30.5. The minimum Gasteiger partial charge on any atom is -0.371 e. The Hall–Kier alpha value is -3.56. The van der Waals surface area contributed by atoms with Crippen LogP contribution < -0.4 is 10.2 Å². The largest absolute Gasteiger partial charge is 0.371 e. The van der Waals surface area contributed by atoms with Gasteiger partial charge < -0.3 is 14.6 Å². The maximum absolute atomic E-state index is 15.6. The fourth-order valence-corrected chi connectivity index (χ4v) is 4.07. The van der Waals surface area contributed by atoms with Crippen LogP contribution in [-0.2, 0) is 11.2 Å². The average molecular weight is 439 g/mol. The lowest BCUT2D eigenvalue weighted by atomic mass is 9.96. The van der Waals surface area contributed by atoms with Crippen molar-refractivity contribution in [3.63, 3.8) is 0 Å². The Labute approximate surface area is 182 Å². The number of imidazole rings is 1. The van der Waals surface area contributed by atoms with Gasteiger partial charge in [-0.3, -0.25) is 14.9 Å². The lowest BCUT2D eigenvalue weighted by Crippen LogP contribution is -2.19. The van der Waals surface area contributed by atoms with Crippen molar-refractivity contribution < 1.29 is 13.6 Å². The molecule has 0 radical (unpaired) electrons. The molecule has 2 atom stereocenters. The Kier molecular flexibility index (Phi) is 4.79. The van der Waals surface area contributed by atoms with Gasteiger partial charge in [0, 0.05) is 30.7 Å². The number of rotatable bonds is 6. The fourth-order valence-electron chi connectivity index (χ4n) is 4.07. The monoisotopic (exact) mass is 439 g/mol. The van der Waals surface area contributed by atoms with E-state index >= 15 is 4.39 Å². The van der Waals surface area contributed by atoms with Crippen LogP contribution in [0.4, 0.5) is 20.3 Å². The smallest absolute Gasteiger partial charge is 0.231 e. The fraction of sp³-hybridized carbons (Fsp3) is 0.364. The molecule has 1 aliphatic carbocycles. The van der Waals surface area contributed by atoms with E-state index in [1.165, 1.54) is 0 Å². The summed E-state index contributed by atoms with van der Waals surface area (Å²) >= 11 is 0.